The van der Waals surface area contributed by atoms with Crippen molar-refractivity contribution < 1.29 is 15.0 Å². The number of rotatable bonds is 3. The second-order valence-corrected chi connectivity index (χ2v) is 3.62. The van der Waals surface area contributed by atoms with Gasteiger partial charge in [0, 0.05) is 6.42 Å². The van der Waals surface area contributed by atoms with E-state index in [9.17, 15) is 4.79 Å². The smallest absolute Gasteiger partial charge is 0.332 e. The third-order valence-electron chi connectivity index (χ3n) is 1.70. The molecule has 0 aliphatic carbocycles. The molecule has 76 valence electrons. The van der Waals surface area contributed by atoms with Gasteiger partial charge in [-0.05, 0) is 17.7 Å². The number of carboxylic acid groups (broad SMARTS) is 1. The summed E-state index contributed by atoms with van der Waals surface area (Å²) >= 11 is 11.4. The molecule has 1 aromatic carbocycles. The van der Waals surface area contributed by atoms with E-state index in [0.717, 1.165) is 0 Å². The lowest BCUT2D eigenvalue weighted by atomic mass is 10.1. The van der Waals surface area contributed by atoms with E-state index in [1.807, 2.05) is 0 Å². The normalized spacial score (nSPS) is 12.5. The molecule has 0 aliphatic rings. The highest BCUT2D eigenvalue weighted by molar-refractivity contribution is 6.42. The second kappa shape index (κ2) is 4.64. The Morgan fingerprint density at radius 1 is 1.36 bits per heavy atom. The van der Waals surface area contributed by atoms with Crippen LogP contribution >= 0.6 is 23.2 Å². The summed E-state index contributed by atoms with van der Waals surface area (Å²) in [6.07, 6.45) is -1.39. The van der Waals surface area contributed by atoms with Gasteiger partial charge in [0.15, 0.2) is 6.10 Å². The number of benzene rings is 1. The number of aliphatic hydroxyl groups excluding tert-OH is 1. The number of carbonyl (C=O) groups is 1. The van der Waals surface area contributed by atoms with E-state index < -0.39 is 12.1 Å². The van der Waals surface area contributed by atoms with Crippen LogP contribution in [0.5, 0.6) is 0 Å². The minimum Gasteiger partial charge on any atom is -0.479 e. The van der Waals surface area contributed by atoms with E-state index in [4.69, 9.17) is 33.4 Å². The lowest BCUT2D eigenvalue weighted by molar-refractivity contribution is -0.146. The van der Waals surface area contributed by atoms with Crippen molar-refractivity contribution in [2.45, 2.75) is 12.5 Å². The monoisotopic (exact) mass is 234 g/mol. The fraction of sp³-hybridized carbons (Fsp3) is 0.222. The molecule has 1 rings (SSSR count). The van der Waals surface area contributed by atoms with Crippen LogP contribution in [0.4, 0.5) is 0 Å². The van der Waals surface area contributed by atoms with Crippen LogP contribution in [0.1, 0.15) is 5.56 Å². The molecule has 2 N–H and O–H groups in total. The van der Waals surface area contributed by atoms with Crippen molar-refractivity contribution in [3.63, 3.8) is 0 Å². The number of hydrogen-bond acceptors (Lipinski definition) is 2. The first-order chi connectivity index (χ1) is 6.50. The molecule has 0 fully saturated rings. The van der Waals surface area contributed by atoms with Crippen LogP contribution in [0.2, 0.25) is 10.0 Å². The zero-order chi connectivity index (χ0) is 10.7. The Morgan fingerprint density at radius 2 is 2.00 bits per heavy atom. The average Bonchev–Trinajstić information content (AvgIpc) is 2.11. The minimum absolute atomic E-state index is 0.0201. The van der Waals surface area contributed by atoms with Crippen LogP contribution in [0.15, 0.2) is 18.2 Å². The highest BCUT2D eigenvalue weighted by atomic mass is 35.5. The number of hydrogen-bond donors (Lipinski definition) is 2. The van der Waals surface area contributed by atoms with Crippen molar-refractivity contribution in [3.8, 4) is 0 Å². The molecule has 1 aromatic rings. The van der Waals surface area contributed by atoms with E-state index in [1.54, 1.807) is 12.1 Å². The van der Waals surface area contributed by atoms with Crippen molar-refractivity contribution in [3.05, 3.63) is 33.8 Å². The number of aliphatic carboxylic acids is 1. The summed E-state index contributed by atoms with van der Waals surface area (Å²) in [7, 11) is 0. The highest BCUT2D eigenvalue weighted by Crippen LogP contribution is 2.23. The van der Waals surface area contributed by atoms with Crippen molar-refractivity contribution in [2.24, 2.45) is 0 Å². The first-order valence-corrected chi connectivity index (χ1v) is 4.61. The summed E-state index contributed by atoms with van der Waals surface area (Å²) in [4.78, 5) is 10.3. The van der Waals surface area contributed by atoms with Gasteiger partial charge in [0.2, 0.25) is 0 Å². The van der Waals surface area contributed by atoms with Crippen LogP contribution in [0.25, 0.3) is 0 Å². The predicted molar refractivity (Wildman–Crippen MR) is 53.8 cm³/mol. The molecule has 0 bridgehead atoms. The van der Waals surface area contributed by atoms with Gasteiger partial charge in [0.25, 0.3) is 0 Å². The van der Waals surface area contributed by atoms with Gasteiger partial charge in [-0.3, -0.25) is 0 Å². The fourth-order valence-electron chi connectivity index (χ4n) is 0.977. The van der Waals surface area contributed by atoms with Gasteiger partial charge in [0.05, 0.1) is 10.0 Å². The van der Waals surface area contributed by atoms with Crippen molar-refractivity contribution in [2.75, 3.05) is 0 Å². The summed E-state index contributed by atoms with van der Waals surface area (Å²) in [5.41, 5.74) is 0.634. The molecule has 1 atom stereocenters. The first kappa shape index (κ1) is 11.3. The Bertz CT molecular complexity index is 352. The zero-order valence-corrected chi connectivity index (χ0v) is 8.59. The topological polar surface area (TPSA) is 57.5 Å². The molecular formula is C9H8Cl2O3. The Hall–Kier alpha value is -0.770. The second-order valence-electron chi connectivity index (χ2n) is 2.81. The number of carboxylic acids is 1. The Labute approximate surface area is 90.9 Å². The van der Waals surface area contributed by atoms with Crippen LogP contribution in [0, 0.1) is 0 Å². The maximum absolute atomic E-state index is 10.3. The number of halogens is 2. The lowest BCUT2D eigenvalue weighted by Crippen LogP contribution is -2.21. The first-order valence-electron chi connectivity index (χ1n) is 3.85. The van der Waals surface area contributed by atoms with E-state index in [-0.39, 0.29) is 6.42 Å². The average molecular weight is 235 g/mol. The van der Waals surface area contributed by atoms with Gasteiger partial charge < -0.3 is 10.2 Å². The third-order valence-corrected chi connectivity index (χ3v) is 2.44. The fourth-order valence-corrected chi connectivity index (χ4v) is 1.30. The van der Waals surface area contributed by atoms with Gasteiger partial charge in [-0.1, -0.05) is 29.3 Å². The maximum atomic E-state index is 10.3. The Balaban J connectivity index is 2.78. The summed E-state index contributed by atoms with van der Waals surface area (Å²) < 4.78 is 0. The molecular weight excluding hydrogens is 227 g/mol. The molecule has 0 saturated carbocycles. The van der Waals surface area contributed by atoms with Crippen LogP contribution in [-0.4, -0.2) is 22.3 Å². The van der Waals surface area contributed by atoms with E-state index in [1.165, 1.54) is 6.07 Å². The molecule has 0 amide bonds. The van der Waals surface area contributed by atoms with Gasteiger partial charge in [0.1, 0.15) is 0 Å². The molecule has 0 aromatic heterocycles. The standard InChI is InChI=1S/C9H8Cl2O3/c10-6-2-1-5(3-7(6)11)4-8(12)9(13)14/h1-3,8,12H,4H2,(H,13,14)/t8-/m0/s1. The molecule has 3 nitrogen and oxygen atoms in total. The van der Waals surface area contributed by atoms with Gasteiger partial charge in [-0.2, -0.15) is 0 Å². The maximum Gasteiger partial charge on any atom is 0.332 e. The molecule has 0 aliphatic heterocycles. The largest absolute Gasteiger partial charge is 0.479 e. The quantitative estimate of drug-likeness (QED) is 0.842. The summed E-state index contributed by atoms with van der Waals surface area (Å²) in [6.45, 7) is 0. The summed E-state index contributed by atoms with van der Waals surface area (Å²) in [5, 5.41) is 18.3. The predicted octanol–water partition coefficient (Wildman–Crippen LogP) is 1.98. The minimum atomic E-state index is -1.41. The molecule has 0 saturated heterocycles. The lowest BCUT2D eigenvalue weighted by Gasteiger charge is -2.06. The number of aliphatic hydroxyl groups is 1. The highest BCUT2D eigenvalue weighted by Gasteiger charge is 2.13. The Morgan fingerprint density at radius 3 is 2.50 bits per heavy atom. The van der Waals surface area contributed by atoms with E-state index in [2.05, 4.69) is 0 Å². The van der Waals surface area contributed by atoms with Crippen LogP contribution in [0.3, 0.4) is 0 Å². The summed E-state index contributed by atoms with van der Waals surface area (Å²) in [6, 6.07) is 4.73. The van der Waals surface area contributed by atoms with Crippen molar-refractivity contribution in [1.29, 1.82) is 0 Å². The molecule has 0 spiro atoms. The molecule has 0 unspecified atom stereocenters. The van der Waals surface area contributed by atoms with Gasteiger partial charge in [-0.25, -0.2) is 4.79 Å². The Kier molecular flexibility index (Phi) is 3.75. The molecule has 0 heterocycles. The summed E-state index contributed by atoms with van der Waals surface area (Å²) in [5.74, 6) is -1.25. The van der Waals surface area contributed by atoms with Gasteiger partial charge in [-0.15, -0.1) is 0 Å². The molecule has 0 radical (unpaired) electrons. The van der Waals surface area contributed by atoms with Gasteiger partial charge >= 0.3 is 5.97 Å². The van der Waals surface area contributed by atoms with Crippen molar-refractivity contribution >= 4 is 29.2 Å². The van der Waals surface area contributed by atoms with E-state index in [0.29, 0.717) is 15.6 Å². The van der Waals surface area contributed by atoms with Crippen molar-refractivity contribution in [1.82, 2.24) is 0 Å². The SMILES string of the molecule is O=C(O)[C@@H](O)Cc1ccc(Cl)c(Cl)c1. The van der Waals surface area contributed by atoms with Crippen LogP contribution in [-0.2, 0) is 11.2 Å². The van der Waals surface area contributed by atoms with Crippen LogP contribution < -0.4 is 0 Å². The van der Waals surface area contributed by atoms with E-state index >= 15 is 0 Å². The molecule has 14 heavy (non-hydrogen) atoms. The molecule has 5 heteroatoms. The zero-order valence-electron chi connectivity index (χ0n) is 7.08. The third kappa shape index (κ3) is 2.87.